The van der Waals surface area contributed by atoms with Crippen LogP contribution in [0.5, 0.6) is 0 Å². The second kappa shape index (κ2) is 5.64. The van der Waals surface area contributed by atoms with E-state index >= 15 is 0 Å². The van der Waals surface area contributed by atoms with E-state index in [0.29, 0.717) is 0 Å². The first-order chi connectivity index (χ1) is 8.29. The highest BCUT2D eigenvalue weighted by molar-refractivity contribution is 5.10. The van der Waals surface area contributed by atoms with Gasteiger partial charge in [-0.25, -0.2) is 0 Å². The van der Waals surface area contributed by atoms with E-state index in [9.17, 15) is 0 Å². The summed E-state index contributed by atoms with van der Waals surface area (Å²) in [6.07, 6.45) is 2.11. The summed E-state index contributed by atoms with van der Waals surface area (Å²) < 4.78 is 2.25. The minimum atomic E-state index is 0.816. The normalized spacial score (nSPS) is 10.7. The molecule has 17 heavy (non-hydrogen) atoms. The number of aromatic nitrogens is 2. The van der Waals surface area contributed by atoms with Gasteiger partial charge in [0.2, 0.25) is 0 Å². The molecule has 3 heteroatoms. The first-order valence-corrected chi connectivity index (χ1v) is 6.07. The Morgan fingerprint density at radius 3 is 2.82 bits per heavy atom. The number of hydrogen-bond acceptors (Lipinski definition) is 2. The second-order valence-corrected chi connectivity index (χ2v) is 4.16. The minimum absolute atomic E-state index is 0.816. The number of pyridine rings is 1. The lowest BCUT2D eigenvalue weighted by Crippen LogP contribution is -2.16. The Kier molecular flexibility index (Phi) is 3.94. The molecule has 0 aliphatic rings. The first kappa shape index (κ1) is 11.9. The van der Waals surface area contributed by atoms with Crippen molar-refractivity contribution in [3.63, 3.8) is 0 Å². The van der Waals surface area contributed by atoms with Crippen LogP contribution in [0.3, 0.4) is 0 Å². The van der Waals surface area contributed by atoms with Crippen LogP contribution in [-0.4, -0.2) is 9.55 Å². The van der Waals surface area contributed by atoms with Gasteiger partial charge in [0.25, 0.3) is 0 Å². The summed E-state index contributed by atoms with van der Waals surface area (Å²) in [4.78, 5) is 4.47. The average molecular weight is 229 g/mol. The van der Waals surface area contributed by atoms with Gasteiger partial charge in [-0.1, -0.05) is 6.07 Å². The number of rotatable bonds is 5. The maximum atomic E-state index is 4.47. The lowest BCUT2D eigenvalue weighted by Gasteiger charge is -2.08. The van der Waals surface area contributed by atoms with E-state index in [0.717, 1.165) is 31.0 Å². The van der Waals surface area contributed by atoms with Crippen molar-refractivity contribution < 1.29 is 0 Å². The molecule has 2 aromatic heterocycles. The molecule has 0 radical (unpaired) electrons. The van der Waals surface area contributed by atoms with E-state index in [4.69, 9.17) is 0 Å². The monoisotopic (exact) mass is 229 g/mol. The predicted octanol–water partition coefficient (Wildman–Crippen LogP) is 2.50. The largest absolute Gasteiger partial charge is 0.351 e. The maximum absolute atomic E-state index is 4.47. The Bertz CT molecular complexity index is 474. The molecule has 90 valence electrons. The second-order valence-electron chi connectivity index (χ2n) is 4.16. The van der Waals surface area contributed by atoms with Crippen molar-refractivity contribution in [2.45, 2.75) is 33.5 Å². The summed E-state index contributed by atoms with van der Waals surface area (Å²) in [5, 5.41) is 3.42. The molecule has 0 spiro atoms. The highest BCUT2D eigenvalue weighted by atomic mass is 15.0. The van der Waals surface area contributed by atoms with Crippen LogP contribution in [0, 0.1) is 6.92 Å². The molecular weight excluding hydrogens is 210 g/mol. The fourth-order valence-corrected chi connectivity index (χ4v) is 1.94. The molecular formula is C14H19N3. The molecule has 0 aromatic carbocycles. The predicted molar refractivity (Wildman–Crippen MR) is 69.6 cm³/mol. The molecule has 0 aliphatic heterocycles. The summed E-state index contributed by atoms with van der Waals surface area (Å²) in [5.74, 6) is 0. The fourth-order valence-electron chi connectivity index (χ4n) is 1.94. The molecule has 0 saturated heterocycles. The van der Waals surface area contributed by atoms with Crippen LogP contribution in [0.1, 0.15) is 24.0 Å². The van der Waals surface area contributed by atoms with E-state index in [-0.39, 0.29) is 0 Å². The summed E-state index contributed by atoms with van der Waals surface area (Å²) in [6, 6.07) is 10.4. The van der Waals surface area contributed by atoms with Crippen molar-refractivity contribution in [2.75, 3.05) is 0 Å². The van der Waals surface area contributed by atoms with Crippen LogP contribution >= 0.6 is 0 Å². The molecule has 1 N–H and O–H groups in total. The molecule has 0 unspecified atom stereocenters. The molecule has 0 aliphatic carbocycles. The third kappa shape index (κ3) is 3.17. The highest BCUT2D eigenvalue weighted by Gasteiger charge is 1.99. The molecule has 3 nitrogen and oxygen atoms in total. The molecule has 0 atom stereocenters. The van der Waals surface area contributed by atoms with Crippen LogP contribution in [0.2, 0.25) is 0 Å². The van der Waals surface area contributed by atoms with Gasteiger partial charge in [-0.3, -0.25) is 4.98 Å². The molecule has 2 aromatic rings. The van der Waals surface area contributed by atoms with Crippen LogP contribution < -0.4 is 5.32 Å². The maximum Gasteiger partial charge on any atom is 0.0544 e. The zero-order valence-electron chi connectivity index (χ0n) is 10.5. The van der Waals surface area contributed by atoms with Crippen molar-refractivity contribution in [1.29, 1.82) is 0 Å². The van der Waals surface area contributed by atoms with E-state index in [1.54, 1.807) is 0 Å². The topological polar surface area (TPSA) is 29.9 Å². The lowest BCUT2D eigenvalue weighted by molar-refractivity contribution is 0.622. The minimum Gasteiger partial charge on any atom is -0.351 e. The highest BCUT2D eigenvalue weighted by Crippen LogP contribution is 2.03. The summed E-state index contributed by atoms with van der Waals surface area (Å²) >= 11 is 0. The lowest BCUT2D eigenvalue weighted by atomic mass is 10.3. The fraction of sp³-hybridized carbons (Fsp3) is 0.357. The molecule has 0 fully saturated rings. The smallest absolute Gasteiger partial charge is 0.0544 e. The van der Waals surface area contributed by atoms with Crippen molar-refractivity contribution in [3.05, 3.63) is 53.6 Å². The van der Waals surface area contributed by atoms with Crippen LogP contribution in [0.15, 0.2) is 36.5 Å². The van der Waals surface area contributed by atoms with Crippen molar-refractivity contribution >= 4 is 0 Å². The van der Waals surface area contributed by atoms with Gasteiger partial charge < -0.3 is 9.88 Å². The van der Waals surface area contributed by atoms with Gasteiger partial charge in [0.1, 0.15) is 0 Å². The van der Waals surface area contributed by atoms with E-state index < -0.39 is 0 Å². The van der Waals surface area contributed by atoms with Gasteiger partial charge in [-0.05, 0) is 38.1 Å². The Balaban J connectivity index is 1.87. The van der Waals surface area contributed by atoms with Crippen molar-refractivity contribution in [3.8, 4) is 0 Å². The van der Waals surface area contributed by atoms with Crippen LogP contribution in [0.4, 0.5) is 0 Å². The summed E-state index contributed by atoms with van der Waals surface area (Å²) in [7, 11) is 0. The van der Waals surface area contributed by atoms with E-state index in [1.807, 2.05) is 19.1 Å². The molecule has 0 amide bonds. The third-order valence-electron chi connectivity index (χ3n) is 2.82. The Labute approximate surface area is 103 Å². The standard InChI is InChI=1S/C14H19N3/c1-3-17-9-5-8-14(17)11-15-10-13-7-4-6-12(2)16-13/h4-9,15H,3,10-11H2,1-2H3. The van der Waals surface area contributed by atoms with E-state index in [1.165, 1.54) is 5.69 Å². The zero-order chi connectivity index (χ0) is 12.1. The average Bonchev–Trinajstić information content (AvgIpc) is 2.77. The van der Waals surface area contributed by atoms with Crippen molar-refractivity contribution in [2.24, 2.45) is 0 Å². The molecule has 0 bridgehead atoms. The molecule has 0 saturated carbocycles. The van der Waals surface area contributed by atoms with Crippen LogP contribution in [-0.2, 0) is 19.6 Å². The third-order valence-corrected chi connectivity index (χ3v) is 2.82. The van der Waals surface area contributed by atoms with Gasteiger partial charge in [0, 0.05) is 37.2 Å². The molecule has 2 heterocycles. The van der Waals surface area contributed by atoms with Gasteiger partial charge in [-0.15, -0.1) is 0 Å². The van der Waals surface area contributed by atoms with Crippen molar-refractivity contribution in [1.82, 2.24) is 14.9 Å². The quantitative estimate of drug-likeness (QED) is 0.853. The Morgan fingerprint density at radius 1 is 1.18 bits per heavy atom. The summed E-state index contributed by atoms with van der Waals surface area (Å²) in [5.41, 5.74) is 3.49. The van der Waals surface area contributed by atoms with Gasteiger partial charge in [-0.2, -0.15) is 0 Å². The SMILES string of the molecule is CCn1cccc1CNCc1cccc(C)n1. The first-order valence-electron chi connectivity index (χ1n) is 6.07. The zero-order valence-corrected chi connectivity index (χ0v) is 10.5. The number of nitrogens with one attached hydrogen (secondary N) is 1. The van der Waals surface area contributed by atoms with Gasteiger partial charge >= 0.3 is 0 Å². The summed E-state index contributed by atoms with van der Waals surface area (Å²) in [6.45, 7) is 6.90. The van der Waals surface area contributed by atoms with Gasteiger partial charge in [0.05, 0.1) is 5.69 Å². The number of hydrogen-bond donors (Lipinski definition) is 1. The van der Waals surface area contributed by atoms with Crippen LogP contribution in [0.25, 0.3) is 0 Å². The Hall–Kier alpha value is -1.61. The number of aryl methyl sites for hydroxylation is 2. The molecule has 2 rings (SSSR count). The van der Waals surface area contributed by atoms with E-state index in [2.05, 4.69) is 46.2 Å². The Morgan fingerprint density at radius 2 is 2.06 bits per heavy atom. The number of nitrogens with zero attached hydrogens (tertiary/aromatic N) is 2. The van der Waals surface area contributed by atoms with Gasteiger partial charge in [0.15, 0.2) is 0 Å².